The number of carbonyl (C=O) groups is 3. The number of benzene rings is 1. The average Bonchev–Trinajstić information content (AvgIpc) is 2.62. The number of esters is 1. The minimum atomic E-state index is -1.15. The van der Waals surface area contributed by atoms with Crippen molar-refractivity contribution >= 4 is 41.0 Å². The molecule has 0 aliphatic carbocycles. The summed E-state index contributed by atoms with van der Waals surface area (Å²) in [4.78, 5) is 39.4. The third-order valence-electron chi connectivity index (χ3n) is 3.02. The molecule has 2 N–H and O–H groups in total. The van der Waals surface area contributed by atoms with Crippen LogP contribution in [-0.2, 0) is 9.53 Å². The highest BCUT2D eigenvalue weighted by molar-refractivity contribution is 6.41. The van der Waals surface area contributed by atoms with Crippen LogP contribution in [0.15, 0.2) is 42.6 Å². The van der Waals surface area contributed by atoms with Gasteiger partial charge in [0.15, 0.2) is 6.10 Å². The molecule has 7 nitrogen and oxygen atoms in total. The topological polar surface area (TPSA) is 97.4 Å². The Morgan fingerprint density at radius 2 is 1.76 bits per heavy atom. The Morgan fingerprint density at radius 1 is 1.08 bits per heavy atom. The standard InChI is InChI=1S/C16H13Cl2N3O4/c1-9(25-16(24)11-7-12(17)13(18)19-8-11)14(22)20-21-15(23)10-5-3-2-4-6-10/h2-9H,1H3,(H,20,22)(H,21,23)/t9-/m1/s1. The minimum Gasteiger partial charge on any atom is -0.449 e. The Hall–Kier alpha value is -2.64. The van der Waals surface area contributed by atoms with E-state index in [1.807, 2.05) is 0 Å². The molecule has 9 heteroatoms. The van der Waals surface area contributed by atoms with Crippen molar-refractivity contribution in [2.75, 3.05) is 0 Å². The fourth-order valence-electron chi connectivity index (χ4n) is 1.70. The molecule has 0 aliphatic heterocycles. The third-order valence-corrected chi connectivity index (χ3v) is 3.71. The molecule has 1 heterocycles. The predicted octanol–water partition coefficient (Wildman–Crippen LogP) is 2.39. The first kappa shape index (κ1) is 18.7. The number of aromatic nitrogens is 1. The average molecular weight is 382 g/mol. The van der Waals surface area contributed by atoms with Gasteiger partial charge in [0.05, 0.1) is 10.6 Å². The first-order valence-electron chi connectivity index (χ1n) is 7.05. The highest BCUT2D eigenvalue weighted by Crippen LogP contribution is 2.20. The molecule has 1 atom stereocenters. The van der Waals surface area contributed by atoms with Crippen LogP contribution >= 0.6 is 23.2 Å². The minimum absolute atomic E-state index is 0.0439. The van der Waals surface area contributed by atoms with Crippen molar-refractivity contribution < 1.29 is 19.1 Å². The maximum absolute atomic E-state index is 12.0. The molecule has 2 amide bonds. The molecule has 0 aliphatic rings. The summed E-state index contributed by atoms with van der Waals surface area (Å²) in [5.74, 6) is -2.00. The van der Waals surface area contributed by atoms with Crippen LogP contribution in [0.2, 0.25) is 10.2 Å². The summed E-state index contributed by atoms with van der Waals surface area (Å²) in [7, 11) is 0. The highest BCUT2D eigenvalue weighted by Gasteiger charge is 2.20. The van der Waals surface area contributed by atoms with Crippen LogP contribution in [-0.4, -0.2) is 28.9 Å². The summed E-state index contributed by atoms with van der Waals surface area (Å²) in [6, 6.07) is 9.58. The summed E-state index contributed by atoms with van der Waals surface area (Å²) in [6.07, 6.45) is 0.0243. The molecule has 0 saturated carbocycles. The molecule has 0 fully saturated rings. The van der Waals surface area contributed by atoms with Crippen LogP contribution in [0, 0.1) is 0 Å². The van der Waals surface area contributed by atoms with E-state index in [9.17, 15) is 14.4 Å². The van der Waals surface area contributed by atoms with Gasteiger partial charge in [-0.3, -0.25) is 20.4 Å². The van der Waals surface area contributed by atoms with Gasteiger partial charge in [0.2, 0.25) is 0 Å². The van der Waals surface area contributed by atoms with Crippen molar-refractivity contribution in [2.45, 2.75) is 13.0 Å². The maximum atomic E-state index is 12.0. The van der Waals surface area contributed by atoms with Crippen LogP contribution in [0.4, 0.5) is 0 Å². The molecule has 2 rings (SSSR count). The second-order valence-electron chi connectivity index (χ2n) is 4.85. The molecule has 0 unspecified atom stereocenters. The van der Waals surface area contributed by atoms with Crippen LogP contribution in [0.3, 0.4) is 0 Å². The van der Waals surface area contributed by atoms with Gasteiger partial charge >= 0.3 is 5.97 Å². The van der Waals surface area contributed by atoms with E-state index in [4.69, 9.17) is 27.9 Å². The van der Waals surface area contributed by atoms with E-state index in [2.05, 4.69) is 15.8 Å². The molecule has 0 radical (unpaired) electrons. The first-order valence-corrected chi connectivity index (χ1v) is 7.81. The Kier molecular flexibility index (Phi) is 6.32. The number of nitrogens with zero attached hydrogens (tertiary/aromatic N) is 1. The number of hydrogen-bond acceptors (Lipinski definition) is 5. The molecular formula is C16H13Cl2N3O4. The molecule has 130 valence electrons. The van der Waals surface area contributed by atoms with E-state index >= 15 is 0 Å². The third kappa shape index (κ3) is 5.17. The van der Waals surface area contributed by atoms with E-state index in [1.165, 1.54) is 19.2 Å². The summed E-state index contributed by atoms with van der Waals surface area (Å²) in [5, 5.41) is 0.135. The molecule has 0 spiro atoms. The number of hydrazine groups is 1. The van der Waals surface area contributed by atoms with Crippen molar-refractivity contribution in [1.82, 2.24) is 15.8 Å². The van der Waals surface area contributed by atoms with Crippen LogP contribution in [0.25, 0.3) is 0 Å². The summed E-state index contributed by atoms with van der Waals surface area (Å²) >= 11 is 11.4. The predicted molar refractivity (Wildman–Crippen MR) is 91.2 cm³/mol. The molecule has 1 aromatic heterocycles. The molecule has 25 heavy (non-hydrogen) atoms. The van der Waals surface area contributed by atoms with Crippen molar-refractivity contribution in [3.63, 3.8) is 0 Å². The van der Waals surface area contributed by atoms with E-state index in [-0.39, 0.29) is 15.7 Å². The molecule has 0 saturated heterocycles. The van der Waals surface area contributed by atoms with Gasteiger partial charge < -0.3 is 4.74 Å². The van der Waals surface area contributed by atoms with Gasteiger partial charge in [-0.15, -0.1) is 0 Å². The number of amides is 2. The van der Waals surface area contributed by atoms with Crippen molar-refractivity contribution in [3.8, 4) is 0 Å². The van der Waals surface area contributed by atoms with Gasteiger partial charge in [0.1, 0.15) is 5.15 Å². The summed E-state index contributed by atoms with van der Waals surface area (Å²) in [5.41, 5.74) is 4.82. The zero-order valence-electron chi connectivity index (χ0n) is 13.0. The SMILES string of the molecule is C[C@@H](OC(=O)c1cnc(Cl)c(Cl)c1)C(=O)NNC(=O)c1ccccc1. The smallest absolute Gasteiger partial charge is 0.340 e. The number of halogens is 2. The second-order valence-corrected chi connectivity index (χ2v) is 5.62. The largest absolute Gasteiger partial charge is 0.449 e. The van der Waals surface area contributed by atoms with E-state index in [1.54, 1.807) is 30.3 Å². The van der Waals surface area contributed by atoms with E-state index in [0.717, 1.165) is 0 Å². The van der Waals surface area contributed by atoms with Gasteiger partial charge in [-0.25, -0.2) is 9.78 Å². The highest BCUT2D eigenvalue weighted by atomic mass is 35.5. The lowest BCUT2D eigenvalue weighted by Gasteiger charge is -2.14. The lowest BCUT2D eigenvalue weighted by molar-refractivity contribution is -0.129. The fraction of sp³-hybridized carbons (Fsp3) is 0.125. The number of ether oxygens (including phenoxy) is 1. The Balaban J connectivity index is 1.88. The van der Waals surface area contributed by atoms with E-state index in [0.29, 0.717) is 5.56 Å². The Labute approximate surface area is 153 Å². The fourth-order valence-corrected chi connectivity index (χ4v) is 1.97. The number of pyridine rings is 1. The van der Waals surface area contributed by atoms with Crippen LogP contribution in [0.1, 0.15) is 27.6 Å². The Morgan fingerprint density at radius 3 is 2.40 bits per heavy atom. The maximum Gasteiger partial charge on any atom is 0.340 e. The van der Waals surface area contributed by atoms with Gasteiger partial charge in [0, 0.05) is 11.8 Å². The summed E-state index contributed by atoms with van der Waals surface area (Å²) in [6.45, 7) is 1.35. The monoisotopic (exact) mass is 381 g/mol. The van der Waals surface area contributed by atoms with Gasteiger partial charge in [0.25, 0.3) is 11.8 Å². The summed E-state index contributed by atoms with van der Waals surface area (Å²) < 4.78 is 4.99. The number of nitrogens with one attached hydrogen (secondary N) is 2. The zero-order valence-corrected chi connectivity index (χ0v) is 14.5. The van der Waals surface area contributed by atoms with Gasteiger partial charge in [-0.05, 0) is 25.1 Å². The lowest BCUT2D eigenvalue weighted by Crippen LogP contribution is -2.46. The lowest BCUT2D eigenvalue weighted by atomic mass is 10.2. The van der Waals surface area contributed by atoms with Crippen molar-refractivity contribution in [1.29, 1.82) is 0 Å². The molecule has 1 aromatic carbocycles. The van der Waals surface area contributed by atoms with Crippen LogP contribution in [0.5, 0.6) is 0 Å². The first-order chi connectivity index (χ1) is 11.9. The van der Waals surface area contributed by atoms with Crippen molar-refractivity contribution in [2.24, 2.45) is 0 Å². The Bertz CT molecular complexity index is 799. The quantitative estimate of drug-likeness (QED) is 0.481. The number of carbonyl (C=O) groups excluding carboxylic acids is 3. The molecule has 2 aromatic rings. The van der Waals surface area contributed by atoms with E-state index < -0.39 is 23.9 Å². The van der Waals surface area contributed by atoms with Crippen molar-refractivity contribution in [3.05, 3.63) is 63.9 Å². The zero-order chi connectivity index (χ0) is 18.4. The van der Waals surface area contributed by atoms with Gasteiger partial charge in [-0.1, -0.05) is 41.4 Å². The van der Waals surface area contributed by atoms with Gasteiger partial charge in [-0.2, -0.15) is 0 Å². The normalized spacial score (nSPS) is 11.3. The number of rotatable bonds is 4. The van der Waals surface area contributed by atoms with Crippen LogP contribution < -0.4 is 10.9 Å². The number of hydrogen-bond donors (Lipinski definition) is 2. The molecular weight excluding hydrogens is 369 g/mol. The molecule has 0 bridgehead atoms. The second kappa shape index (κ2) is 8.46.